The van der Waals surface area contributed by atoms with Gasteiger partial charge in [-0.3, -0.25) is 4.79 Å². The Morgan fingerprint density at radius 2 is 1.95 bits per heavy atom. The van der Waals surface area contributed by atoms with Gasteiger partial charge in [0.05, 0.1) is 0 Å². The van der Waals surface area contributed by atoms with Gasteiger partial charge in [0.2, 0.25) is 5.91 Å². The molecule has 0 saturated carbocycles. The molecule has 1 aromatic rings. The lowest BCUT2D eigenvalue weighted by molar-refractivity contribution is -0.121. The molecular formula is C17H25NO. The molecule has 19 heavy (non-hydrogen) atoms. The van der Waals surface area contributed by atoms with Crippen LogP contribution < -0.4 is 5.32 Å². The molecule has 0 aromatic heterocycles. The molecule has 0 radical (unpaired) electrons. The molecule has 1 N–H and O–H groups in total. The second-order valence-electron chi connectivity index (χ2n) is 5.26. The predicted octanol–water partition coefficient (Wildman–Crippen LogP) is 4.03. The van der Waals surface area contributed by atoms with Crippen molar-refractivity contribution < 1.29 is 4.79 Å². The van der Waals surface area contributed by atoms with E-state index in [1.807, 2.05) is 18.2 Å². The van der Waals surface area contributed by atoms with E-state index in [4.69, 9.17) is 0 Å². The Labute approximate surface area is 116 Å². The summed E-state index contributed by atoms with van der Waals surface area (Å²) >= 11 is 0. The summed E-state index contributed by atoms with van der Waals surface area (Å²) in [4.78, 5) is 11.5. The molecule has 0 saturated heterocycles. The maximum atomic E-state index is 11.5. The van der Waals surface area contributed by atoms with Gasteiger partial charge in [-0.1, -0.05) is 56.3 Å². The lowest BCUT2D eigenvalue weighted by Gasteiger charge is -2.06. The second kappa shape index (κ2) is 9.37. The summed E-state index contributed by atoms with van der Waals surface area (Å²) in [5.41, 5.74) is 1.23. The molecule has 0 atom stereocenters. The zero-order valence-corrected chi connectivity index (χ0v) is 12.1. The standard InChI is InChI=1S/C17H25NO/c1-15(2)14-18-17(19)13-9-4-3-6-10-16-11-7-5-8-12-16/h5-8,10-12,15H,3-4,9,13-14H2,1-2H3,(H,18,19)/b10-6+. The summed E-state index contributed by atoms with van der Waals surface area (Å²) < 4.78 is 0. The largest absolute Gasteiger partial charge is 0.356 e. The van der Waals surface area contributed by atoms with Crippen molar-refractivity contribution in [1.82, 2.24) is 5.32 Å². The van der Waals surface area contributed by atoms with Gasteiger partial charge >= 0.3 is 0 Å². The number of rotatable bonds is 8. The summed E-state index contributed by atoms with van der Waals surface area (Å²) in [5.74, 6) is 0.707. The Balaban J connectivity index is 2.05. The monoisotopic (exact) mass is 259 g/mol. The van der Waals surface area contributed by atoms with Crippen LogP contribution in [0.2, 0.25) is 0 Å². The molecule has 0 aliphatic carbocycles. The van der Waals surface area contributed by atoms with Crippen molar-refractivity contribution in [3.05, 3.63) is 42.0 Å². The highest BCUT2D eigenvalue weighted by Crippen LogP contribution is 2.05. The van der Waals surface area contributed by atoms with Crippen LogP contribution in [0.1, 0.15) is 45.1 Å². The minimum absolute atomic E-state index is 0.181. The number of carbonyl (C=O) groups excluding carboxylic acids is 1. The zero-order valence-electron chi connectivity index (χ0n) is 12.1. The first-order chi connectivity index (χ1) is 9.18. The molecule has 2 nitrogen and oxygen atoms in total. The average Bonchev–Trinajstić information content (AvgIpc) is 2.41. The van der Waals surface area contributed by atoms with Crippen molar-refractivity contribution in [3.8, 4) is 0 Å². The van der Waals surface area contributed by atoms with Crippen LogP contribution in [0.5, 0.6) is 0 Å². The van der Waals surface area contributed by atoms with Gasteiger partial charge in [0, 0.05) is 13.0 Å². The van der Waals surface area contributed by atoms with Crippen LogP contribution in [0.3, 0.4) is 0 Å². The maximum absolute atomic E-state index is 11.5. The number of hydrogen-bond acceptors (Lipinski definition) is 1. The van der Waals surface area contributed by atoms with Crippen LogP contribution in [0.15, 0.2) is 36.4 Å². The number of hydrogen-bond donors (Lipinski definition) is 1. The Morgan fingerprint density at radius 3 is 2.63 bits per heavy atom. The van der Waals surface area contributed by atoms with E-state index >= 15 is 0 Å². The molecule has 1 amide bonds. The van der Waals surface area contributed by atoms with Crippen LogP contribution >= 0.6 is 0 Å². The molecule has 0 aliphatic heterocycles. The van der Waals surface area contributed by atoms with Gasteiger partial charge in [-0.25, -0.2) is 0 Å². The van der Waals surface area contributed by atoms with E-state index in [-0.39, 0.29) is 5.91 Å². The Kier molecular flexibility index (Phi) is 7.64. The summed E-state index contributed by atoms with van der Waals surface area (Å²) in [6.45, 7) is 5.00. The molecule has 2 heteroatoms. The number of carbonyl (C=O) groups is 1. The molecule has 1 rings (SSSR count). The van der Waals surface area contributed by atoms with Gasteiger partial charge in [-0.2, -0.15) is 0 Å². The summed E-state index contributed by atoms with van der Waals surface area (Å²) in [7, 11) is 0. The van der Waals surface area contributed by atoms with E-state index in [2.05, 4.69) is 43.4 Å². The highest BCUT2D eigenvalue weighted by molar-refractivity contribution is 5.75. The molecule has 1 aromatic carbocycles. The van der Waals surface area contributed by atoms with E-state index in [1.54, 1.807) is 0 Å². The summed E-state index contributed by atoms with van der Waals surface area (Å²) in [6.07, 6.45) is 8.03. The van der Waals surface area contributed by atoms with Crippen LogP contribution in [0, 0.1) is 5.92 Å². The van der Waals surface area contributed by atoms with Gasteiger partial charge in [-0.15, -0.1) is 0 Å². The minimum Gasteiger partial charge on any atom is -0.356 e. The molecule has 104 valence electrons. The lowest BCUT2D eigenvalue weighted by atomic mass is 10.1. The molecule has 0 unspecified atom stereocenters. The first-order valence-electron chi connectivity index (χ1n) is 7.17. The van der Waals surface area contributed by atoms with Crippen molar-refractivity contribution >= 4 is 12.0 Å². The van der Waals surface area contributed by atoms with Gasteiger partial charge in [0.15, 0.2) is 0 Å². The lowest BCUT2D eigenvalue weighted by Crippen LogP contribution is -2.26. The number of nitrogens with one attached hydrogen (secondary N) is 1. The van der Waals surface area contributed by atoms with Crippen LogP contribution in [0.25, 0.3) is 6.08 Å². The molecule has 0 fully saturated rings. The fourth-order valence-corrected chi connectivity index (χ4v) is 1.74. The zero-order chi connectivity index (χ0) is 13.9. The van der Waals surface area contributed by atoms with Gasteiger partial charge in [0.25, 0.3) is 0 Å². The predicted molar refractivity (Wildman–Crippen MR) is 81.8 cm³/mol. The number of amides is 1. The Morgan fingerprint density at radius 1 is 1.21 bits per heavy atom. The van der Waals surface area contributed by atoms with Crippen molar-refractivity contribution in [2.45, 2.75) is 39.5 Å². The fourth-order valence-electron chi connectivity index (χ4n) is 1.74. The smallest absolute Gasteiger partial charge is 0.220 e. The van der Waals surface area contributed by atoms with E-state index in [0.29, 0.717) is 12.3 Å². The number of benzene rings is 1. The molecule has 0 bridgehead atoms. The third-order valence-electron chi connectivity index (χ3n) is 2.84. The first-order valence-corrected chi connectivity index (χ1v) is 7.17. The first kappa shape index (κ1) is 15.5. The van der Waals surface area contributed by atoms with E-state index in [9.17, 15) is 4.79 Å². The minimum atomic E-state index is 0.181. The van der Waals surface area contributed by atoms with E-state index in [1.165, 1.54) is 5.56 Å². The van der Waals surface area contributed by atoms with Crippen LogP contribution in [-0.4, -0.2) is 12.5 Å². The highest BCUT2D eigenvalue weighted by atomic mass is 16.1. The van der Waals surface area contributed by atoms with Crippen molar-refractivity contribution in [3.63, 3.8) is 0 Å². The summed E-state index contributed by atoms with van der Waals surface area (Å²) in [5, 5.41) is 2.94. The van der Waals surface area contributed by atoms with Crippen molar-refractivity contribution in [2.75, 3.05) is 6.54 Å². The van der Waals surface area contributed by atoms with Crippen molar-refractivity contribution in [1.29, 1.82) is 0 Å². The number of unbranched alkanes of at least 4 members (excludes halogenated alkanes) is 2. The van der Waals surface area contributed by atoms with Gasteiger partial charge < -0.3 is 5.32 Å². The van der Waals surface area contributed by atoms with E-state index in [0.717, 1.165) is 25.8 Å². The molecular weight excluding hydrogens is 234 g/mol. The fraction of sp³-hybridized carbons (Fsp3) is 0.471. The van der Waals surface area contributed by atoms with E-state index < -0.39 is 0 Å². The Bertz CT molecular complexity index is 382. The highest BCUT2D eigenvalue weighted by Gasteiger charge is 2.01. The van der Waals surface area contributed by atoms with Crippen molar-refractivity contribution in [2.24, 2.45) is 5.92 Å². The Hall–Kier alpha value is -1.57. The van der Waals surface area contributed by atoms with Crippen LogP contribution in [0.4, 0.5) is 0 Å². The average molecular weight is 259 g/mol. The topological polar surface area (TPSA) is 29.1 Å². The molecule has 0 aliphatic rings. The van der Waals surface area contributed by atoms with Crippen LogP contribution in [-0.2, 0) is 4.79 Å². The third kappa shape index (κ3) is 8.20. The normalized spacial score (nSPS) is 11.1. The SMILES string of the molecule is CC(C)CNC(=O)CCCC/C=C/c1ccccc1. The maximum Gasteiger partial charge on any atom is 0.220 e. The molecule has 0 heterocycles. The third-order valence-corrected chi connectivity index (χ3v) is 2.84. The molecule has 0 spiro atoms. The quantitative estimate of drug-likeness (QED) is 0.702. The second-order valence-corrected chi connectivity index (χ2v) is 5.26. The number of allylic oxidation sites excluding steroid dienone is 1. The van der Waals surface area contributed by atoms with Gasteiger partial charge in [0.1, 0.15) is 0 Å². The van der Waals surface area contributed by atoms with Gasteiger partial charge in [-0.05, 0) is 30.7 Å². The summed E-state index contributed by atoms with van der Waals surface area (Å²) in [6, 6.07) is 10.3.